The average Bonchev–Trinajstić information content (AvgIpc) is 2.86. The molecule has 0 saturated heterocycles. The van der Waals surface area contributed by atoms with Gasteiger partial charge in [0.15, 0.2) is 0 Å². The zero-order valence-electron chi connectivity index (χ0n) is 12.1. The van der Waals surface area contributed by atoms with Crippen LogP contribution in [0.3, 0.4) is 0 Å². The van der Waals surface area contributed by atoms with Crippen molar-refractivity contribution in [3.63, 3.8) is 0 Å². The summed E-state index contributed by atoms with van der Waals surface area (Å²) >= 11 is 3.46. The largest absolute Gasteiger partial charge is 0.339 e. The first-order chi connectivity index (χ1) is 9.63. The maximum Gasteiger partial charge on any atom is 0.228 e. The quantitative estimate of drug-likeness (QED) is 0.872. The molecule has 0 aliphatic rings. The van der Waals surface area contributed by atoms with E-state index in [1.54, 1.807) is 0 Å². The summed E-state index contributed by atoms with van der Waals surface area (Å²) in [5.41, 5.74) is 2.14. The summed E-state index contributed by atoms with van der Waals surface area (Å²) in [6, 6.07) is 6.44. The van der Waals surface area contributed by atoms with Crippen molar-refractivity contribution in [2.75, 3.05) is 6.54 Å². The van der Waals surface area contributed by atoms with Gasteiger partial charge in [0.1, 0.15) is 0 Å². The first kappa shape index (κ1) is 15.2. The highest BCUT2D eigenvalue weighted by molar-refractivity contribution is 9.10. The predicted molar refractivity (Wildman–Crippen MR) is 83.6 cm³/mol. The highest BCUT2D eigenvalue weighted by Crippen LogP contribution is 2.24. The number of nitrogens with zero attached hydrogens (tertiary/aromatic N) is 2. The number of hydrogen-bond donors (Lipinski definition) is 1. The molecule has 1 aromatic heterocycles. The Morgan fingerprint density at radius 2 is 2.15 bits per heavy atom. The SMILES string of the molecule is CCNC(CC)Cc1nc(-c2ccc(Br)cc2C)no1. The number of likely N-dealkylation sites (N-methyl/N-ethyl adjacent to an activating group) is 1. The molecule has 0 spiro atoms. The Morgan fingerprint density at radius 3 is 2.80 bits per heavy atom. The van der Waals surface area contributed by atoms with Crippen LogP contribution in [0, 0.1) is 6.92 Å². The van der Waals surface area contributed by atoms with Crippen LogP contribution in [0.2, 0.25) is 0 Å². The van der Waals surface area contributed by atoms with Gasteiger partial charge in [-0.2, -0.15) is 4.98 Å². The summed E-state index contributed by atoms with van der Waals surface area (Å²) in [6.45, 7) is 7.26. The molecule has 108 valence electrons. The number of rotatable bonds is 6. The van der Waals surface area contributed by atoms with Gasteiger partial charge in [0.05, 0.1) is 0 Å². The Labute approximate surface area is 128 Å². The lowest BCUT2D eigenvalue weighted by Gasteiger charge is -2.12. The maximum atomic E-state index is 5.37. The van der Waals surface area contributed by atoms with E-state index in [0.717, 1.165) is 35.0 Å². The zero-order chi connectivity index (χ0) is 14.5. The van der Waals surface area contributed by atoms with Gasteiger partial charge in [-0.3, -0.25) is 0 Å². The zero-order valence-corrected chi connectivity index (χ0v) is 13.7. The molecule has 1 unspecified atom stereocenters. The van der Waals surface area contributed by atoms with Crippen LogP contribution in [-0.4, -0.2) is 22.7 Å². The molecule has 0 aliphatic carbocycles. The number of halogens is 1. The minimum absolute atomic E-state index is 0.388. The monoisotopic (exact) mass is 337 g/mol. The maximum absolute atomic E-state index is 5.37. The lowest BCUT2D eigenvalue weighted by Crippen LogP contribution is -2.30. The van der Waals surface area contributed by atoms with Gasteiger partial charge in [0.2, 0.25) is 11.7 Å². The van der Waals surface area contributed by atoms with Crippen molar-refractivity contribution in [3.8, 4) is 11.4 Å². The van der Waals surface area contributed by atoms with Crippen molar-refractivity contribution in [2.45, 2.75) is 39.7 Å². The van der Waals surface area contributed by atoms with Gasteiger partial charge in [-0.1, -0.05) is 34.9 Å². The highest BCUT2D eigenvalue weighted by Gasteiger charge is 2.14. The Morgan fingerprint density at radius 1 is 1.35 bits per heavy atom. The second kappa shape index (κ2) is 6.99. The number of nitrogens with one attached hydrogen (secondary N) is 1. The lowest BCUT2D eigenvalue weighted by molar-refractivity contribution is 0.355. The van der Waals surface area contributed by atoms with Crippen LogP contribution in [0.5, 0.6) is 0 Å². The number of aryl methyl sites for hydroxylation is 1. The van der Waals surface area contributed by atoms with E-state index in [0.29, 0.717) is 17.8 Å². The molecule has 1 heterocycles. The number of hydrogen-bond acceptors (Lipinski definition) is 4. The minimum atomic E-state index is 0.388. The predicted octanol–water partition coefficient (Wildman–Crippen LogP) is 3.74. The minimum Gasteiger partial charge on any atom is -0.339 e. The van der Waals surface area contributed by atoms with Crippen LogP contribution in [0.1, 0.15) is 31.7 Å². The molecule has 0 radical (unpaired) electrons. The highest BCUT2D eigenvalue weighted by atomic mass is 79.9. The van der Waals surface area contributed by atoms with Crippen LogP contribution < -0.4 is 5.32 Å². The normalized spacial score (nSPS) is 12.6. The molecule has 0 saturated carbocycles. The van der Waals surface area contributed by atoms with Crippen molar-refractivity contribution in [2.24, 2.45) is 0 Å². The lowest BCUT2D eigenvalue weighted by atomic mass is 10.1. The molecule has 1 atom stereocenters. The van der Waals surface area contributed by atoms with E-state index in [1.165, 1.54) is 0 Å². The fourth-order valence-corrected chi connectivity index (χ4v) is 2.66. The van der Waals surface area contributed by atoms with Gasteiger partial charge in [-0.25, -0.2) is 0 Å². The van der Waals surface area contributed by atoms with Gasteiger partial charge >= 0.3 is 0 Å². The van der Waals surface area contributed by atoms with Gasteiger partial charge in [0.25, 0.3) is 0 Å². The van der Waals surface area contributed by atoms with Crippen LogP contribution in [0.15, 0.2) is 27.2 Å². The fourth-order valence-electron chi connectivity index (χ4n) is 2.19. The summed E-state index contributed by atoms with van der Waals surface area (Å²) < 4.78 is 6.43. The van der Waals surface area contributed by atoms with Crippen LogP contribution in [0.4, 0.5) is 0 Å². The van der Waals surface area contributed by atoms with E-state index in [-0.39, 0.29) is 0 Å². The molecule has 4 nitrogen and oxygen atoms in total. The van der Waals surface area contributed by atoms with E-state index in [2.05, 4.69) is 51.3 Å². The summed E-state index contributed by atoms with van der Waals surface area (Å²) in [5.74, 6) is 1.35. The van der Waals surface area contributed by atoms with E-state index in [9.17, 15) is 0 Å². The van der Waals surface area contributed by atoms with E-state index in [4.69, 9.17) is 4.52 Å². The standard InChI is InChI=1S/C15H20BrN3O/c1-4-12(17-5-2)9-14-18-15(19-20-14)13-7-6-11(16)8-10(13)3/h6-8,12,17H,4-5,9H2,1-3H3. The number of benzene rings is 1. The van der Waals surface area contributed by atoms with Gasteiger partial charge in [-0.15, -0.1) is 0 Å². The van der Waals surface area contributed by atoms with E-state index < -0.39 is 0 Å². The second-order valence-corrected chi connectivity index (χ2v) is 5.75. The van der Waals surface area contributed by atoms with Crippen LogP contribution >= 0.6 is 15.9 Å². The summed E-state index contributed by atoms with van der Waals surface area (Å²) in [6.07, 6.45) is 1.82. The Kier molecular flexibility index (Phi) is 5.31. The third-order valence-electron chi connectivity index (χ3n) is 3.30. The van der Waals surface area contributed by atoms with Crippen molar-refractivity contribution in [1.29, 1.82) is 0 Å². The van der Waals surface area contributed by atoms with Gasteiger partial charge < -0.3 is 9.84 Å². The molecular weight excluding hydrogens is 318 g/mol. The summed E-state index contributed by atoms with van der Waals surface area (Å²) in [4.78, 5) is 4.51. The molecule has 1 N–H and O–H groups in total. The van der Waals surface area contributed by atoms with Crippen molar-refractivity contribution in [3.05, 3.63) is 34.1 Å². The molecule has 0 amide bonds. The first-order valence-electron chi connectivity index (χ1n) is 6.96. The Bertz CT molecular complexity index is 568. The third kappa shape index (κ3) is 3.67. The summed E-state index contributed by atoms with van der Waals surface area (Å²) in [5, 5.41) is 7.51. The van der Waals surface area contributed by atoms with E-state index in [1.807, 2.05) is 19.1 Å². The first-order valence-corrected chi connectivity index (χ1v) is 7.75. The third-order valence-corrected chi connectivity index (χ3v) is 3.80. The molecule has 0 fully saturated rings. The molecule has 2 aromatic rings. The fraction of sp³-hybridized carbons (Fsp3) is 0.467. The van der Waals surface area contributed by atoms with Crippen LogP contribution in [-0.2, 0) is 6.42 Å². The van der Waals surface area contributed by atoms with E-state index >= 15 is 0 Å². The van der Waals surface area contributed by atoms with Crippen molar-refractivity contribution >= 4 is 15.9 Å². The molecule has 1 aromatic carbocycles. The molecule has 5 heteroatoms. The van der Waals surface area contributed by atoms with Crippen molar-refractivity contribution in [1.82, 2.24) is 15.5 Å². The van der Waals surface area contributed by atoms with Gasteiger partial charge in [0, 0.05) is 22.5 Å². The smallest absolute Gasteiger partial charge is 0.228 e. The van der Waals surface area contributed by atoms with Crippen molar-refractivity contribution < 1.29 is 4.52 Å². The second-order valence-electron chi connectivity index (χ2n) is 4.84. The number of aromatic nitrogens is 2. The molecule has 2 rings (SSSR count). The molecule has 20 heavy (non-hydrogen) atoms. The molecule has 0 aliphatic heterocycles. The topological polar surface area (TPSA) is 51.0 Å². The Hall–Kier alpha value is -1.20. The molecule has 0 bridgehead atoms. The van der Waals surface area contributed by atoms with Crippen LogP contribution in [0.25, 0.3) is 11.4 Å². The average molecular weight is 338 g/mol. The van der Waals surface area contributed by atoms with Gasteiger partial charge in [-0.05, 0) is 43.7 Å². The Balaban J connectivity index is 2.16. The summed E-state index contributed by atoms with van der Waals surface area (Å²) in [7, 11) is 0. The molecular formula is C15H20BrN3O.